The van der Waals surface area contributed by atoms with E-state index in [1.54, 1.807) is 12.1 Å². The van der Waals surface area contributed by atoms with Crippen LogP contribution in [-0.4, -0.2) is 13.2 Å². The van der Waals surface area contributed by atoms with Gasteiger partial charge in [-0.05, 0) is 35.4 Å². The molecule has 2 N–H and O–H groups in total. The molecule has 0 aliphatic carbocycles. The number of benzene rings is 2. The smallest absolute Gasteiger partial charge is 0.387 e. The van der Waals surface area contributed by atoms with E-state index < -0.39 is 6.61 Å². The number of hydrazine groups is 1. The van der Waals surface area contributed by atoms with Gasteiger partial charge in [0.25, 0.3) is 0 Å². The van der Waals surface area contributed by atoms with Crippen LogP contribution in [0.2, 0.25) is 0 Å². The van der Waals surface area contributed by atoms with Crippen molar-refractivity contribution in [2.75, 3.05) is 6.54 Å². The van der Waals surface area contributed by atoms with E-state index in [9.17, 15) is 8.78 Å². The average molecular weight is 288 g/mol. The van der Waals surface area contributed by atoms with Crippen LogP contribution in [0.15, 0.2) is 54.6 Å². The molecule has 0 fully saturated rings. The molecule has 0 saturated carbocycles. The average Bonchev–Trinajstić information content (AvgIpc) is 2.98. The lowest BCUT2D eigenvalue weighted by atomic mass is 10.0. The summed E-state index contributed by atoms with van der Waals surface area (Å²) in [5, 5.41) is 0. The highest BCUT2D eigenvalue weighted by Gasteiger charge is 2.17. The fourth-order valence-electron chi connectivity index (χ4n) is 2.32. The van der Waals surface area contributed by atoms with Crippen LogP contribution in [0.3, 0.4) is 0 Å². The van der Waals surface area contributed by atoms with Crippen molar-refractivity contribution in [2.45, 2.75) is 6.61 Å². The van der Waals surface area contributed by atoms with Crippen LogP contribution in [0.5, 0.6) is 5.75 Å². The van der Waals surface area contributed by atoms with Crippen molar-refractivity contribution in [1.82, 2.24) is 10.9 Å². The zero-order valence-electron chi connectivity index (χ0n) is 11.1. The lowest BCUT2D eigenvalue weighted by molar-refractivity contribution is -0.0498. The molecular formula is C16H14F2N2O. The summed E-state index contributed by atoms with van der Waals surface area (Å²) in [5.74, 6) is 0.154. The topological polar surface area (TPSA) is 33.3 Å². The molecule has 0 aromatic heterocycles. The molecule has 1 heterocycles. The maximum absolute atomic E-state index is 12.2. The minimum atomic E-state index is -2.80. The summed E-state index contributed by atoms with van der Waals surface area (Å²) in [7, 11) is 0. The Morgan fingerprint density at radius 1 is 0.905 bits per heavy atom. The van der Waals surface area contributed by atoms with E-state index >= 15 is 0 Å². The number of rotatable bonds is 4. The van der Waals surface area contributed by atoms with Crippen molar-refractivity contribution in [3.63, 3.8) is 0 Å². The van der Waals surface area contributed by atoms with Crippen molar-refractivity contribution in [3.8, 4) is 5.75 Å². The third-order valence-corrected chi connectivity index (χ3v) is 3.27. The molecule has 0 radical (unpaired) electrons. The number of hydrogen-bond donors (Lipinski definition) is 2. The summed E-state index contributed by atoms with van der Waals surface area (Å²) in [5.41, 5.74) is 10.3. The molecule has 2 aromatic carbocycles. The molecule has 108 valence electrons. The van der Waals surface area contributed by atoms with Crippen molar-refractivity contribution < 1.29 is 13.5 Å². The third-order valence-electron chi connectivity index (χ3n) is 3.27. The second-order valence-electron chi connectivity index (χ2n) is 4.60. The Bertz CT molecular complexity index is 639. The van der Waals surface area contributed by atoms with E-state index in [1.807, 2.05) is 30.3 Å². The lowest BCUT2D eigenvalue weighted by Gasteiger charge is -2.09. The molecule has 3 nitrogen and oxygen atoms in total. The fourth-order valence-corrected chi connectivity index (χ4v) is 2.32. The molecular weight excluding hydrogens is 274 g/mol. The maximum atomic E-state index is 12.2. The van der Waals surface area contributed by atoms with E-state index in [-0.39, 0.29) is 5.75 Å². The molecule has 0 bridgehead atoms. The van der Waals surface area contributed by atoms with Gasteiger partial charge < -0.3 is 10.2 Å². The van der Waals surface area contributed by atoms with E-state index in [0.29, 0.717) is 6.54 Å². The van der Waals surface area contributed by atoms with Gasteiger partial charge >= 0.3 is 6.61 Å². The van der Waals surface area contributed by atoms with Crippen molar-refractivity contribution in [1.29, 1.82) is 0 Å². The van der Waals surface area contributed by atoms with Gasteiger partial charge in [-0.3, -0.25) is 0 Å². The Kier molecular flexibility index (Phi) is 3.83. The standard InChI is InChI=1S/C16H14F2N2O/c17-16(18)21-13-8-6-12(7-9-13)15-14(10-19-20-15)11-4-2-1-3-5-11/h1-9,16,19-20H,10H2. The van der Waals surface area contributed by atoms with Gasteiger partial charge in [-0.15, -0.1) is 0 Å². The zero-order valence-corrected chi connectivity index (χ0v) is 11.1. The zero-order chi connectivity index (χ0) is 14.7. The molecule has 0 amide bonds. The number of ether oxygens (including phenoxy) is 1. The van der Waals surface area contributed by atoms with Gasteiger partial charge in [0, 0.05) is 12.1 Å². The van der Waals surface area contributed by atoms with Gasteiger partial charge in [0.15, 0.2) is 0 Å². The first kappa shape index (κ1) is 13.6. The number of halogens is 2. The van der Waals surface area contributed by atoms with Crippen LogP contribution in [-0.2, 0) is 0 Å². The molecule has 3 rings (SSSR count). The molecule has 0 unspecified atom stereocenters. The summed E-state index contributed by atoms with van der Waals surface area (Å²) >= 11 is 0. The normalized spacial score (nSPS) is 14.4. The Morgan fingerprint density at radius 2 is 1.62 bits per heavy atom. The predicted molar refractivity (Wildman–Crippen MR) is 77.5 cm³/mol. The second kappa shape index (κ2) is 5.93. The molecule has 2 aromatic rings. The summed E-state index contributed by atoms with van der Waals surface area (Å²) in [6, 6.07) is 16.6. The predicted octanol–water partition coefficient (Wildman–Crippen LogP) is 3.26. The van der Waals surface area contributed by atoms with Gasteiger partial charge in [0.2, 0.25) is 0 Å². The van der Waals surface area contributed by atoms with Gasteiger partial charge in [-0.25, -0.2) is 5.43 Å². The SMILES string of the molecule is FC(F)Oc1ccc(C2=C(c3ccccc3)CNN2)cc1. The quantitative estimate of drug-likeness (QED) is 0.906. The van der Waals surface area contributed by atoms with Crippen LogP contribution < -0.4 is 15.6 Å². The van der Waals surface area contributed by atoms with Crippen molar-refractivity contribution in [3.05, 3.63) is 65.7 Å². The van der Waals surface area contributed by atoms with E-state index in [1.165, 1.54) is 12.1 Å². The largest absolute Gasteiger partial charge is 0.435 e. The minimum absolute atomic E-state index is 0.154. The third kappa shape index (κ3) is 3.03. The van der Waals surface area contributed by atoms with Gasteiger partial charge in [-0.2, -0.15) is 8.78 Å². The molecule has 0 saturated heterocycles. The van der Waals surface area contributed by atoms with Gasteiger partial charge in [0.1, 0.15) is 5.75 Å². The molecule has 1 aliphatic rings. The van der Waals surface area contributed by atoms with Crippen LogP contribution in [0.4, 0.5) is 8.78 Å². The summed E-state index contributed by atoms with van der Waals surface area (Å²) in [4.78, 5) is 0. The van der Waals surface area contributed by atoms with Crippen molar-refractivity contribution >= 4 is 11.3 Å². The highest BCUT2D eigenvalue weighted by atomic mass is 19.3. The van der Waals surface area contributed by atoms with Crippen LogP contribution in [0.25, 0.3) is 11.3 Å². The molecule has 5 heteroatoms. The Balaban J connectivity index is 1.91. The minimum Gasteiger partial charge on any atom is -0.435 e. The monoisotopic (exact) mass is 288 g/mol. The Hall–Kier alpha value is -2.40. The van der Waals surface area contributed by atoms with Crippen LogP contribution in [0.1, 0.15) is 11.1 Å². The van der Waals surface area contributed by atoms with E-state index in [2.05, 4.69) is 15.6 Å². The molecule has 21 heavy (non-hydrogen) atoms. The number of hydrogen-bond acceptors (Lipinski definition) is 3. The lowest BCUT2D eigenvalue weighted by Crippen LogP contribution is -2.23. The van der Waals surface area contributed by atoms with E-state index in [4.69, 9.17) is 0 Å². The van der Waals surface area contributed by atoms with Gasteiger partial charge in [0.05, 0.1) is 5.70 Å². The van der Waals surface area contributed by atoms with Crippen molar-refractivity contribution in [2.24, 2.45) is 0 Å². The summed E-state index contributed by atoms with van der Waals surface area (Å²) in [6.07, 6.45) is 0. The summed E-state index contributed by atoms with van der Waals surface area (Å²) in [6.45, 7) is -2.10. The first-order valence-corrected chi connectivity index (χ1v) is 6.57. The first-order chi connectivity index (χ1) is 10.2. The van der Waals surface area contributed by atoms with Crippen LogP contribution >= 0.6 is 0 Å². The van der Waals surface area contributed by atoms with E-state index in [0.717, 1.165) is 22.4 Å². The molecule has 0 spiro atoms. The van der Waals surface area contributed by atoms with Gasteiger partial charge in [-0.1, -0.05) is 30.3 Å². The Labute approximate surface area is 121 Å². The molecule has 0 atom stereocenters. The number of nitrogens with one attached hydrogen (secondary N) is 2. The summed E-state index contributed by atoms with van der Waals surface area (Å²) < 4.78 is 28.7. The first-order valence-electron chi connectivity index (χ1n) is 6.57. The second-order valence-corrected chi connectivity index (χ2v) is 4.60. The molecule has 1 aliphatic heterocycles. The van der Waals surface area contributed by atoms with Crippen LogP contribution in [0, 0.1) is 0 Å². The number of alkyl halides is 2. The Morgan fingerprint density at radius 3 is 2.29 bits per heavy atom. The highest BCUT2D eigenvalue weighted by Crippen LogP contribution is 2.27. The highest BCUT2D eigenvalue weighted by molar-refractivity contribution is 5.92. The fraction of sp³-hybridized carbons (Fsp3) is 0.125. The maximum Gasteiger partial charge on any atom is 0.387 e.